The molecule has 0 aromatic heterocycles. The number of nitrogens with zero attached hydrogens (tertiary/aromatic N) is 1. The van der Waals surface area contributed by atoms with Gasteiger partial charge in [-0.1, -0.05) is 0 Å². The fourth-order valence-corrected chi connectivity index (χ4v) is 2.24. The van der Waals surface area contributed by atoms with Gasteiger partial charge in [0.1, 0.15) is 12.4 Å². The van der Waals surface area contributed by atoms with Gasteiger partial charge in [-0.25, -0.2) is 4.39 Å². The largest absolute Gasteiger partial charge is 0.370 e. The number of carbonyl (C=O) groups excluding carboxylic acids is 1. The fourth-order valence-electron chi connectivity index (χ4n) is 2.24. The molecule has 5 nitrogen and oxygen atoms in total. The summed E-state index contributed by atoms with van der Waals surface area (Å²) in [5.41, 5.74) is 6.29. The van der Waals surface area contributed by atoms with Gasteiger partial charge in [-0.2, -0.15) is 0 Å². The number of halogens is 1. The molecule has 6 heteroatoms. The van der Waals surface area contributed by atoms with Crippen molar-refractivity contribution >= 4 is 17.3 Å². The molecule has 0 atom stereocenters. The molecule has 0 radical (unpaired) electrons. The summed E-state index contributed by atoms with van der Waals surface area (Å²) in [6.07, 6.45) is 2.19. The number of anilines is 2. The zero-order chi connectivity index (χ0) is 14.4. The van der Waals surface area contributed by atoms with Crippen molar-refractivity contribution in [3.8, 4) is 0 Å². The van der Waals surface area contributed by atoms with E-state index in [9.17, 15) is 9.18 Å². The van der Waals surface area contributed by atoms with E-state index in [4.69, 9.17) is 10.5 Å². The van der Waals surface area contributed by atoms with Crippen molar-refractivity contribution in [2.24, 2.45) is 5.73 Å². The van der Waals surface area contributed by atoms with Crippen LogP contribution in [0.2, 0.25) is 0 Å². The maximum Gasteiger partial charge on any atom is 0.250 e. The highest BCUT2D eigenvalue weighted by Gasteiger charge is 2.16. The van der Waals surface area contributed by atoms with Crippen LogP contribution >= 0.6 is 0 Å². The predicted molar refractivity (Wildman–Crippen MR) is 76.4 cm³/mol. The van der Waals surface area contributed by atoms with E-state index < -0.39 is 0 Å². The molecule has 0 unspecified atom stereocenters. The smallest absolute Gasteiger partial charge is 0.250 e. The van der Waals surface area contributed by atoms with Crippen molar-refractivity contribution < 1.29 is 13.9 Å². The Kier molecular flexibility index (Phi) is 5.31. The summed E-state index contributed by atoms with van der Waals surface area (Å²) in [4.78, 5) is 13.5. The van der Waals surface area contributed by atoms with Gasteiger partial charge in [0.2, 0.25) is 5.91 Å². The third kappa shape index (κ3) is 3.91. The molecule has 1 amide bonds. The third-order valence-electron chi connectivity index (χ3n) is 3.17. The second kappa shape index (κ2) is 7.21. The first-order chi connectivity index (χ1) is 9.70. The number of amides is 1. The minimum absolute atomic E-state index is 0.0767. The maximum atomic E-state index is 14.0. The van der Waals surface area contributed by atoms with E-state index >= 15 is 0 Å². The van der Waals surface area contributed by atoms with Crippen LogP contribution in [0.25, 0.3) is 0 Å². The molecule has 0 bridgehead atoms. The maximum absolute atomic E-state index is 14.0. The summed E-state index contributed by atoms with van der Waals surface area (Å²) in [5.74, 6) is -0.626. The van der Waals surface area contributed by atoms with E-state index in [1.165, 1.54) is 6.07 Å². The number of nitrogens with two attached hydrogens (primary N) is 1. The van der Waals surface area contributed by atoms with E-state index in [0.29, 0.717) is 24.5 Å². The SMILES string of the molecule is NCCOCC(=O)Nc1ccc(N2CCCC2)c(F)c1. The molecule has 1 saturated heterocycles. The Balaban J connectivity index is 1.93. The molecular weight excluding hydrogens is 261 g/mol. The zero-order valence-corrected chi connectivity index (χ0v) is 11.4. The van der Waals surface area contributed by atoms with E-state index in [-0.39, 0.29) is 18.3 Å². The number of hydrogen-bond donors (Lipinski definition) is 2. The van der Waals surface area contributed by atoms with E-state index in [1.54, 1.807) is 12.1 Å². The first-order valence-electron chi connectivity index (χ1n) is 6.83. The molecule has 1 aliphatic rings. The van der Waals surface area contributed by atoms with Crippen molar-refractivity contribution in [3.63, 3.8) is 0 Å². The Morgan fingerprint density at radius 3 is 2.80 bits per heavy atom. The topological polar surface area (TPSA) is 67.6 Å². The van der Waals surface area contributed by atoms with Gasteiger partial charge < -0.3 is 20.7 Å². The zero-order valence-electron chi connectivity index (χ0n) is 11.4. The second-order valence-corrected chi connectivity index (χ2v) is 4.75. The lowest BCUT2D eigenvalue weighted by Gasteiger charge is -2.18. The molecule has 0 aliphatic carbocycles. The Morgan fingerprint density at radius 2 is 2.15 bits per heavy atom. The van der Waals surface area contributed by atoms with Gasteiger partial charge in [-0.3, -0.25) is 4.79 Å². The lowest BCUT2D eigenvalue weighted by molar-refractivity contribution is -0.120. The molecule has 1 aliphatic heterocycles. The van der Waals surface area contributed by atoms with Gasteiger partial charge in [0.25, 0.3) is 0 Å². The molecule has 1 heterocycles. The van der Waals surface area contributed by atoms with Crippen molar-refractivity contribution in [2.75, 3.05) is 43.1 Å². The van der Waals surface area contributed by atoms with Crippen LogP contribution in [-0.4, -0.2) is 38.8 Å². The van der Waals surface area contributed by atoms with Gasteiger partial charge in [0.05, 0.1) is 12.3 Å². The Labute approximate surface area is 117 Å². The quantitative estimate of drug-likeness (QED) is 0.772. The first kappa shape index (κ1) is 14.7. The molecule has 20 heavy (non-hydrogen) atoms. The van der Waals surface area contributed by atoms with Crippen LogP contribution in [0.15, 0.2) is 18.2 Å². The monoisotopic (exact) mass is 281 g/mol. The van der Waals surface area contributed by atoms with Crippen LogP contribution < -0.4 is 16.0 Å². The van der Waals surface area contributed by atoms with Crippen LogP contribution in [-0.2, 0) is 9.53 Å². The Bertz CT molecular complexity index is 462. The van der Waals surface area contributed by atoms with Crippen LogP contribution in [0, 0.1) is 5.82 Å². The van der Waals surface area contributed by atoms with Gasteiger partial charge in [0, 0.05) is 25.3 Å². The van der Waals surface area contributed by atoms with Crippen LogP contribution in [0.3, 0.4) is 0 Å². The molecule has 3 N–H and O–H groups in total. The highest BCUT2D eigenvalue weighted by Crippen LogP contribution is 2.25. The molecule has 110 valence electrons. The van der Waals surface area contributed by atoms with Crippen LogP contribution in [0.1, 0.15) is 12.8 Å². The minimum atomic E-state index is -0.313. The van der Waals surface area contributed by atoms with Gasteiger partial charge in [-0.15, -0.1) is 0 Å². The number of benzene rings is 1. The van der Waals surface area contributed by atoms with E-state index in [1.807, 2.05) is 4.90 Å². The van der Waals surface area contributed by atoms with Crippen molar-refractivity contribution in [3.05, 3.63) is 24.0 Å². The third-order valence-corrected chi connectivity index (χ3v) is 3.17. The molecule has 1 aromatic carbocycles. The van der Waals surface area contributed by atoms with E-state index in [2.05, 4.69) is 5.32 Å². The standard InChI is InChI=1S/C14H20FN3O2/c15-12-9-11(17-14(19)10-20-8-5-16)3-4-13(12)18-6-1-2-7-18/h3-4,9H,1-2,5-8,10,16H2,(H,17,19). The van der Waals surface area contributed by atoms with Crippen LogP contribution in [0.4, 0.5) is 15.8 Å². The van der Waals surface area contributed by atoms with Gasteiger partial charge in [-0.05, 0) is 31.0 Å². The predicted octanol–water partition coefficient (Wildman–Crippen LogP) is 1.34. The second-order valence-electron chi connectivity index (χ2n) is 4.75. The van der Waals surface area contributed by atoms with Crippen LogP contribution in [0.5, 0.6) is 0 Å². The average Bonchev–Trinajstić information content (AvgIpc) is 2.93. The molecule has 1 aromatic rings. The molecule has 2 rings (SSSR count). The summed E-state index contributed by atoms with van der Waals surface area (Å²) in [7, 11) is 0. The fraction of sp³-hybridized carbons (Fsp3) is 0.500. The van der Waals surface area contributed by atoms with Crippen molar-refractivity contribution in [1.82, 2.24) is 0 Å². The highest BCUT2D eigenvalue weighted by molar-refractivity contribution is 5.91. The lowest BCUT2D eigenvalue weighted by Crippen LogP contribution is -2.21. The number of carbonyl (C=O) groups is 1. The number of hydrogen-bond acceptors (Lipinski definition) is 4. The number of ether oxygens (including phenoxy) is 1. The first-order valence-corrected chi connectivity index (χ1v) is 6.83. The molecule has 1 fully saturated rings. The summed E-state index contributed by atoms with van der Waals surface area (Å²) < 4.78 is 19.0. The van der Waals surface area contributed by atoms with Gasteiger partial charge >= 0.3 is 0 Å². The summed E-state index contributed by atoms with van der Waals surface area (Å²) in [6.45, 7) is 2.39. The van der Waals surface area contributed by atoms with Gasteiger partial charge in [0.15, 0.2) is 0 Å². The highest BCUT2D eigenvalue weighted by atomic mass is 19.1. The normalized spacial score (nSPS) is 14.6. The molecule has 0 saturated carbocycles. The number of rotatable bonds is 6. The van der Waals surface area contributed by atoms with E-state index in [0.717, 1.165) is 25.9 Å². The Morgan fingerprint density at radius 1 is 1.40 bits per heavy atom. The number of nitrogens with one attached hydrogen (secondary N) is 1. The average molecular weight is 281 g/mol. The van der Waals surface area contributed by atoms with Crippen molar-refractivity contribution in [1.29, 1.82) is 0 Å². The summed E-state index contributed by atoms with van der Waals surface area (Å²) in [5, 5.41) is 2.60. The molecular formula is C14H20FN3O2. The summed E-state index contributed by atoms with van der Waals surface area (Å²) in [6, 6.07) is 4.75. The van der Waals surface area contributed by atoms with Crippen molar-refractivity contribution in [2.45, 2.75) is 12.8 Å². The summed E-state index contributed by atoms with van der Waals surface area (Å²) >= 11 is 0. The minimum Gasteiger partial charge on any atom is -0.370 e. The molecule has 0 spiro atoms. The Hall–Kier alpha value is -1.66. The lowest BCUT2D eigenvalue weighted by atomic mass is 10.2.